The van der Waals surface area contributed by atoms with Gasteiger partial charge in [-0.05, 0) is 18.4 Å². The van der Waals surface area contributed by atoms with Crippen LogP contribution in [0.3, 0.4) is 0 Å². The lowest BCUT2D eigenvalue weighted by atomic mass is 10.2. The summed E-state index contributed by atoms with van der Waals surface area (Å²) < 4.78 is 0. The number of carboxylic acid groups (broad SMARTS) is 1. The van der Waals surface area contributed by atoms with Gasteiger partial charge in [0.1, 0.15) is 6.04 Å². The first-order chi connectivity index (χ1) is 7.47. The van der Waals surface area contributed by atoms with E-state index < -0.39 is 23.9 Å². The van der Waals surface area contributed by atoms with E-state index in [1.54, 1.807) is 0 Å². The third-order valence-electron chi connectivity index (χ3n) is 1.64. The average molecular weight is 249 g/mol. The Morgan fingerprint density at radius 2 is 2.06 bits per heavy atom. The second kappa shape index (κ2) is 7.80. The van der Waals surface area contributed by atoms with Crippen molar-refractivity contribution in [2.45, 2.75) is 12.5 Å². The van der Waals surface area contributed by atoms with E-state index in [0.717, 1.165) is 0 Å². The van der Waals surface area contributed by atoms with Crippen LogP contribution in [0.1, 0.15) is 6.42 Å². The van der Waals surface area contributed by atoms with E-state index in [9.17, 15) is 14.4 Å². The van der Waals surface area contributed by atoms with Crippen molar-refractivity contribution in [3.05, 3.63) is 0 Å². The maximum atomic E-state index is 11.1. The Morgan fingerprint density at radius 1 is 1.44 bits per heavy atom. The fourth-order valence-corrected chi connectivity index (χ4v) is 1.34. The molecule has 0 heterocycles. The molecular formula is C8H15N3O4S. The second-order valence-corrected chi connectivity index (χ2v) is 3.95. The lowest BCUT2D eigenvalue weighted by Crippen LogP contribution is -2.48. The third-order valence-corrected chi connectivity index (χ3v) is 2.28. The van der Waals surface area contributed by atoms with Gasteiger partial charge in [-0.25, -0.2) is 9.59 Å². The molecule has 0 spiro atoms. The highest BCUT2D eigenvalue weighted by atomic mass is 32.2. The number of rotatable bonds is 7. The summed E-state index contributed by atoms with van der Waals surface area (Å²) in [6.07, 6.45) is 2.16. The highest BCUT2D eigenvalue weighted by molar-refractivity contribution is 7.98. The smallest absolute Gasteiger partial charge is 0.326 e. The lowest BCUT2D eigenvalue weighted by molar-refractivity contribution is -0.139. The first-order valence-electron chi connectivity index (χ1n) is 4.51. The average Bonchev–Trinajstić information content (AvgIpc) is 2.20. The fourth-order valence-electron chi connectivity index (χ4n) is 0.870. The molecule has 7 nitrogen and oxygen atoms in total. The van der Waals surface area contributed by atoms with Crippen LogP contribution in [0.5, 0.6) is 0 Å². The Kier molecular flexibility index (Phi) is 7.10. The summed E-state index contributed by atoms with van der Waals surface area (Å²) in [7, 11) is 0. The van der Waals surface area contributed by atoms with Crippen LogP contribution in [-0.4, -0.2) is 47.6 Å². The zero-order valence-corrected chi connectivity index (χ0v) is 9.67. The predicted octanol–water partition coefficient (Wildman–Crippen LogP) is -1.02. The minimum absolute atomic E-state index is 0.319. The number of aliphatic carboxylic acids is 1. The molecule has 92 valence electrons. The van der Waals surface area contributed by atoms with E-state index in [-0.39, 0.29) is 6.54 Å². The molecule has 8 heteroatoms. The topological polar surface area (TPSA) is 122 Å². The number of nitrogens with one attached hydrogen (secondary N) is 2. The number of carbonyl (C=O) groups is 3. The molecule has 0 bridgehead atoms. The zero-order valence-electron chi connectivity index (χ0n) is 8.86. The van der Waals surface area contributed by atoms with Crippen LogP contribution >= 0.6 is 11.8 Å². The van der Waals surface area contributed by atoms with Gasteiger partial charge < -0.3 is 21.5 Å². The standard InChI is InChI=1S/C8H15N3O4S/c1-16-3-2-5(7(13)14)11-8(15)10-4-6(9)12/h5H,2-4H2,1H3,(H2,9,12)(H,13,14)(H2,10,11,15)/t5-/m0/s1. The number of thioether (sulfide) groups is 1. The molecule has 0 saturated carbocycles. The van der Waals surface area contributed by atoms with Gasteiger partial charge in [-0.1, -0.05) is 0 Å². The van der Waals surface area contributed by atoms with Crippen molar-refractivity contribution in [1.29, 1.82) is 0 Å². The normalized spacial score (nSPS) is 11.6. The van der Waals surface area contributed by atoms with Gasteiger partial charge in [0.15, 0.2) is 0 Å². The van der Waals surface area contributed by atoms with Crippen molar-refractivity contribution in [2.24, 2.45) is 5.73 Å². The number of hydrogen-bond donors (Lipinski definition) is 4. The summed E-state index contributed by atoms with van der Waals surface area (Å²) in [5.41, 5.74) is 4.81. The Labute approximate surface area is 97.1 Å². The zero-order chi connectivity index (χ0) is 12.6. The monoisotopic (exact) mass is 249 g/mol. The van der Waals surface area contributed by atoms with Gasteiger partial charge in [0.05, 0.1) is 6.54 Å². The Morgan fingerprint density at radius 3 is 2.50 bits per heavy atom. The van der Waals surface area contributed by atoms with Crippen LogP contribution < -0.4 is 16.4 Å². The molecular weight excluding hydrogens is 234 g/mol. The molecule has 0 aromatic rings. The molecule has 0 radical (unpaired) electrons. The quantitative estimate of drug-likeness (QED) is 0.460. The van der Waals surface area contributed by atoms with E-state index in [1.165, 1.54) is 11.8 Å². The lowest BCUT2D eigenvalue weighted by Gasteiger charge is -2.13. The van der Waals surface area contributed by atoms with Crippen molar-refractivity contribution in [1.82, 2.24) is 10.6 Å². The van der Waals surface area contributed by atoms with E-state index in [0.29, 0.717) is 12.2 Å². The van der Waals surface area contributed by atoms with Crippen molar-refractivity contribution in [3.8, 4) is 0 Å². The van der Waals surface area contributed by atoms with Gasteiger partial charge >= 0.3 is 12.0 Å². The van der Waals surface area contributed by atoms with E-state index in [2.05, 4.69) is 10.6 Å². The number of carbonyl (C=O) groups excluding carboxylic acids is 2. The number of primary amides is 1. The van der Waals surface area contributed by atoms with Crippen LogP contribution in [0.4, 0.5) is 4.79 Å². The van der Waals surface area contributed by atoms with Crippen LogP contribution in [0.25, 0.3) is 0 Å². The second-order valence-electron chi connectivity index (χ2n) is 2.97. The summed E-state index contributed by atoms with van der Waals surface area (Å²) in [5.74, 6) is -1.18. The molecule has 5 N–H and O–H groups in total. The molecule has 0 aromatic heterocycles. The molecule has 0 aromatic carbocycles. The number of hydrogen-bond acceptors (Lipinski definition) is 4. The predicted molar refractivity (Wildman–Crippen MR) is 60.2 cm³/mol. The Hall–Kier alpha value is -1.44. The number of amides is 3. The van der Waals surface area contributed by atoms with Crippen molar-refractivity contribution in [2.75, 3.05) is 18.6 Å². The number of urea groups is 1. The molecule has 0 rings (SSSR count). The third kappa shape index (κ3) is 6.93. The number of carboxylic acids is 1. The molecule has 3 amide bonds. The molecule has 0 saturated heterocycles. The molecule has 0 aliphatic heterocycles. The highest BCUT2D eigenvalue weighted by Gasteiger charge is 2.19. The van der Waals surface area contributed by atoms with E-state index in [1.807, 2.05) is 6.26 Å². The molecule has 0 aliphatic carbocycles. The number of nitrogens with two attached hydrogens (primary N) is 1. The minimum atomic E-state index is -1.11. The van der Waals surface area contributed by atoms with Gasteiger partial charge in [0.2, 0.25) is 5.91 Å². The summed E-state index contributed by atoms with van der Waals surface area (Å²) in [4.78, 5) is 32.2. The minimum Gasteiger partial charge on any atom is -0.480 e. The molecule has 0 fully saturated rings. The maximum Gasteiger partial charge on any atom is 0.326 e. The Bertz CT molecular complexity index is 272. The summed E-state index contributed by atoms with van der Waals surface area (Å²) >= 11 is 1.48. The van der Waals surface area contributed by atoms with Gasteiger partial charge in [-0.2, -0.15) is 11.8 Å². The van der Waals surface area contributed by atoms with Gasteiger partial charge in [-0.3, -0.25) is 4.79 Å². The summed E-state index contributed by atoms with van der Waals surface area (Å²) in [6, 6.07) is -1.67. The van der Waals surface area contributed by atoms with E-state index in [4.69, 9.17) is 10.8 Å². The van der Waals surface area contributed by atoms with Crippen LogP contribution in [0, 0.1) is 0 Å². The summed E-state index contributed by atoms with van der Waals surface area (Å²) in [5, 5.41) is 13.2. The SMILES string of the molecule is CSCC[C@H](NC(=O)NCC(N)=O)C(=O)O. The fraction of sp³-hybridized carbons (Fsp3) is 0.625. The summed E-state index contributed by atoms with van der Waals surface area (Å²) in [6.45, 7) is -0.319. The highest BCUT2D eigenvalue weighted by Crippen LogP contribution is 2.00. The van der Waals surface area contributed by atoms with Crippen molar-refractivity contribution in [3.63, 3.8) is 0 Å². The first-order valence-corrected chi connectivity index (χ1v) is 5.91. The van der Waals surface area contributed by atoms with Crippen molar-refractivity contribution < 1.29 is 19.5 Å². The molecule has 0 aliphatic rings. The maximum absolute atomic E-state index is 11.1. The van der Waals surface area contributed by atoms with Gasteiger partial charge in [0.25, 0.3) is 0 Å². The molecule has 0 unspecified atom stereocenters. The van der Waals surface area contributed by atoms with Crippen LogP contribution in [0.2, 0.25) is 0 Å². The van der Waals surface area contributed by atoms with Crippen molar-refractivity contribution >= 4 is 29.7 Å². The molecule has 1 atom stereocenters. The van der Waals surface area contributed by atoms with Crippen LogP contribution in [-0.2, 0) is 9.59 Å². The first kappa shape index (κ1) is 14.6. The van der Waals surface area contributed by atoms with Gasteiger partial charge in [-0.15, -0.1) is 0 Å². The largest absolute Gasteiger partial charge is 0.480 e. The van der Waals surface area contributed by atoms with Crippen LogP contribution in [0.15, 0.2) is 0 Å². The Balaban J connectivity index is 4.02. The van der Waals surface area contributed by atoms with E-state index >= 15 is 0 Å². The van der Waals surface area contributed by atoms with Gasteiger partial charge in [0, 0.05) is 0 Å². The molecule has 16 heavy (non-hydrogen) atoms.